The Kier molecular flexibility index (Phi) is 7.05. The molecule has 0 aliphatic heterocycles. The zero-order valence-electron chi connectivity index (χ0n) is 17.1. The summed E-state index contributed by atoms with van der Waals surface area (Å²) in [6, 6.07) is 17.1. The standard InChI is InChI=1S/C24H19NO6.B/c26-19-12-13-20(30-23(28)16-6-2-1-3-7-16)25-22(19)31-24(29)18-11-5-10-17(14-18)21(27)15-8-4-9-15;/h1-3,5-7,10-15,26H,4,8-9H2;. The number of nitrogens with zero attached hydrogens (tertiary/aromatic N) is 1. The van der Waals surface area contributed by atoms with Crippen molar-refractivity contribution in [2.45, 2.75) is 19.3 Å². The Morgan fingerprint density at radius 1 is 0.812 bits per heavy atom. The smallest absolute Gasteiger partial charge is 0.345 e. The van der Waals surface area contributed by atoms with E-state index in [1.165, 1.54) is 24.3 Å². The normalized spacial score (nSPS) is 12.8. The van der Waals surface area contributed by atoms with Crippen LogP contribution in [-0.2, 0) is 0 Å². The van der Waals surface area contributed by atoms with Gasteiger partial charge < -0.3 is 14.6 Å². The van der Waals surface area contributed by atoms with Gasteiger partial charge in [-0.2, -0.15) is 4.98 Å². The first kappa shape index (κ1) is 22.7. The molecule has 1 fully saturated rings. The Hall–Kier alpha value is -3.94. The van der Waals surface area contributed by atoms with Crippen LogP contribution in [0.5, 0.6) is 17.5 Å². The maximum Gasteiger partial charge on any atom is 0.345 e. The summed E-state index contributed by atoms with van der Waals surface area (Å²) < 4.78 is 10.4. The second kappa shape index (κ2) is 9.91. The van der Waals surface area contributed by atoms with E-state index in [1.54, 1.807) is 42.5 Å². The van der Waals surface area contributed by atoms with Crippen LogP contribution in [0.25, 0.3) is 0 Å². The number of rotatable bonds is 6. The molecule has 0 spiro atoms. The fraction of sp³-hybridized carbons (Fsp3) is 0.167. The third kappa shape index (κ3) is 5.03. The summed E-state index contributed by atoms with van der Waals surface area (Å²) in [4.78, 5) is 41.1. The van der Waals surface area contributed by atoms with Crippen LogP contribution in [0.15, 0.2) is 66.7 Å². The minimum atomic E-state index is -0.794. The van der Waals surface area contributed by atoms with Crippen molar-refractivity contribution >= 4 is 26.1 Å². The summed E-state index contributed by atoms with van der Waals surface area (Å²) in [7, 11) is 0. The van der Waals surface area contributed by atoms with Gasteiger partial charge in [0.05, 0.1) is 11.1 Å². The minimum Gasteiger partial charge on any atom is -0.503 e. The Morgan fingerprint density at radius 3 is 2.16 bits per heavy atom. The minimum absolute atomic E-state index is 0. The fourth-order valence-electron chi connectivity index (χ4n) is 3.13. The number of aromatic hydroxyl groups is 1. The molecule has 159 valence electrons. The molecule has 3 aromatic rings. The van der Waals surface area contributed by atoms with Crippen molar-refractivity contribution in [3.05, 3.63) is 83.4 Å². The van der Waals surface area contributed by atoms with Crippen molar-refractivity contribution in [1.82, 2.24) is 4.98 Å². The molecule has 1 saturated carbocycles. The molecule has 0 amide bonds. The van der Waals surface area contributed by atoms with E-state index in [1.807, 2.05) is 0 Å². The molecule has 0 saturated heterocycles. The van der Waals surface area contributed by atoms with Crippen molar-refractivity contribution in [1.29, 1.82) is 0 Å². The predicted octanol–water partition coefficient (Wildman–Crippen LogP) is 3.83. The van der Waals surface area contributed by atoms with Gasteiger partial charge in [-0.3, -0.25) is 4.79 Å². The van der Waals surface area contributed by atoms with Crippen LogP contribution in [-0.4, -0.2) is 36.2 Å². The van der Waals surface area contributed by atoms with E-state index in [2.05, 4.69) is 4.98 Å². The summed E-state index contributed by atoms with van der Waals surface area (Å²) in [6.45, 7) is 0. The Labute approximate surface area is 186 Å². The average Bonchev–Trinajstić information content (AvgIpc) is 2.75. The SMILES string of the molecule is O=C(Oc1ccc(O)c(OC(=O)c2cccc(C(=O)C3CCC3)c2)n1)c1ccccc1.[B]. The van der Waals surface area contributed by atoms with E-state index in [4.69, 9.17) is 9.47 Å². The second-order valence-electron chi connectivity index (χ2n) is 7.19. The van der Waals surface area contributed by atoms with Crippen LogP contribution < -0.4 is 9.47 Å². The van der Waals surface area contributed by atoms with Crippen molar-refractivity contribution in [3.8, 4) is 17.5 Å². The second-order valence-corrected chi connectivity index (χ2v) is 7.19. The highest BCUT2D eigenvalue weighted by atomic mass is 16.6. The molecule has 2 aromatic carbocycles. The summed E-state index contributed by atoms with van der Waals surface area (Å²) in [5.41, 5.74) is 0.920. The van der Waals surface area contributed by atoms with Gasteiger partial charge >= 0.3 is 11.9 Å². The molecule has 32 heavy (non-hydrogen) atoms. The number of ether oxygens (including phenoxy) is 2. The third-order valence-electron chi connectivity index (χ3n) is 5.07. The number of esters is 2. The molecule has 1 aliphatic rings. The van der Waals surface area contributed by atoms with E-state index in [9.17, 15) is 19.5 Å². The van der Waals surface area contributed by atoms with Gasteiger partial charge in [-0.25, -0.2) is 9.59 Å². The van der Waals surface area contributed by atoms with Gasteiger partial charge in [0, 0.05) is 26.0 Å². The van der Waals surface area contributed by atoms with Gasteiger partial charge in [-0.05, 0) is 43.2 Å². The molecule has 1 aromatic heterocycles. The fourth-order valence-corrected chi connectivity index (χ4v) is 3.13. The third-order valence-corrected chi connectivity index (χ3v) is 5.07. The van der Waals surface area contributed by atoms with E-state index >= 15 is 0 Å². The van der Waals surface area contributed by atoms with Gasteiger partial charge in [-0.1, -0.05) is 36.8 Å². The lowest BCUT2D eigenvalue weighted by atomic mass is 9.80. The van der Waals surface area contributed by atoms with Gasteiger partial charge in [0.15, 0.2) is 11.5 Å². The molecule has 3 radical (unpaired) electrons. The van der Waals surface area contributed by atoms with E-state index in [0.717, 1.165) is 19.3 Å². The number of pyridine rings is 1. The van der Waals surface area contributed by atoms with Gasteiger partial charge in [0.1, 0.15) is 0 Å². The van der Waals surface area contributed by atoms with Crippen LogP contribution in [0.1, 0.15) is 50.3 Å². The van der Waals surface area contributed by atoms with E-state index < -0.39 is 23.6 Å². The van der Waals surface area contributed by atoms with Gasteiger partial charge in [0.2, 0.25) is 5.88 Å². The summed E-state index contributed by atoms with van der Waals surface area (Å²) in [5.74, 6) is -2.35. The lowest BCUT2D eigenvalue weighted by molar-refractivity contribution is 0.0713. The zero-order valence-corrected chi connectivity index (χ0v) is 17.1. The summed E-state index contributed by atoms with van der Waals surface area (Å²) in [6.07, 6.45) is 2.76. The first-order valence-corrected chi connectivity index (χ1v) is 9.85. The molecule has 8 heteroatoms. The molecule has 1 heterocycles. The number of Topliss-reactive ketones (excluding diaryl/α,β-unsaturated/α-hetero) is 1. The maximum absolute atomic E-state index is 12.6. The molecule has 1 aliphatic carbocycles. The van der Waals surface area contributed by atoms with Crippen molar-refractivity contribution in [2.75, 3.05) is 0 Å². The Morgan fingerprint density at radius 2 is 1.47 bits per heavy atom. The van der Waals surface area contributed by atoms with E-state index in [0.29, 0.717) is 11.1 Å². The molecule has 4 rings (SSSR count). The van der Waals surface area contributed by atoms with Gasteiger partial charge in [-0.15, -0.1) is 0 Å². The number of carbonyl (C=O) groups excluding carboxylic acids is 3. The van der Waals surface area contributed by atoms with Crippen molar-refractivity contribution in [2.24, 2.45) is 5.92 Å². The molecule has 1 N–H and O–H groups in total. The van der Waals surface area contributed by atoms with E-state index in [-0.39, 0.29) is 31.6 Å². The number of hydrogen-bond donors (Lipinski definition) is 1. The summed E-state index contributed by atoms with van der Waals surface area (Å²) >= 11 is 0. The lowest BCUT2D eigenvalue weighted by Gasteiger charge is -2.23. The number of benzene rings is 2. The quantitative estimate of drug-likeness (QED) is 0.362. The van der Waals surface area contributed by atoms with Crippen LogP contribution in [0, 0.1) is 5.92 Å². The summed E-state index contributed by atoms with van der Waals surface area (Å²) in [5, 5.41) is 10.0. The Bertz CT molecular complexity index is 1140. The monoisotopic (exact) mass is 428 g/mol. The van der Waals surface area contributed by atoms with Crippen LogP contribution >= 0.6 is 0 Å². The Balaban J connectivity index is 0.00000289. The first-order chi connectivity index (χ1) is 15.0. The molecule has 0 atom stereocenters. The average molecular weight is 428 g/mol. The molecule has 7 nitrogen and oxygen atoms in total. The highest BCUT2D eigenvalue weighted by Gasteiger charge is 2.27. The molecular formula is C24H19BNO6. The van der Waals surface area contributed by atoms with Crippen molar-refractivity contribution in [3.63, 3.8) is 0 Å². The molecule has 0 unspecified atom stereocenters. The number of carbonyl (C=O) groups is 3. The number of hydrogen-bond acceptors (Lipinski definition) is 7. The largest absolute Gasteiger partial charge is 0.503 e. The van der Waals surface area contributed by atoms with Crippen LogP contribution in [0.3, 0.4) is 0 Å². The van der Waals surface area contributed by atoms with Crippen LogP contribution in [0.4, 0.5) is 0 Å². The highest BCUT2D eigenvalue weighted by molar-refractivity contribution is 6.01. The number of ketones is 1. The molecular weight excluding hydrogens is 409 g/mol. The number of aromatic nitrogens is 1. The topological polar surface area (TPSA) is 103 Å². The van der Waals surface area contributed by atoms with Crippen LogP contribution in [0.2, 0.25) is 0 Å². The maximum atomic E-state index is 12.6. The van der Waals surface area contributed by atoms with Gasteiger partial charge in [0.25, 0.3) is 5.88 Å². The lowest BCUT2D eigenvalue weighted by Crippen LogP contribution is -2.22. The predicted molar refractivity (Wildman–Crippen MR) is 116 cm³/mol. The first-order valence-electron chi connectivity index (χ1n) is 9.85. The van der Waals surface area contributed by atoms with Crippen molar-refractivity contribution < 1.29 is 29.0 Å². The highest BCUT2D eigenvalue weighted by Crippen LogP contribution is 2.30. The zero-order chi connectivity index (χ0) is 21.8. The molecule has 0 bridgehead atoms.